The Kier molecular flexibility index (Phi) is 7.65. The van der Waals surface area contributed by atoms with Crippen LogP contribution in [0.2, 0.25) is 0 Å². The summed E-state index contributed by atoms with van der Waals surface area (Å²) in [5.41, 5.74) is 1.47. The van der Waals surface area contributed by atoms with Gasteiger partial charge in [0.25, 0.3) is 11.8 Å². The zero-order chi connectivity index (χ0) is 26.5. The number of methoxy groups -OCH3 is 1. The molecule has 1 fully saturated rings. The third kappa shape index (κ3) is 5.38. The van der Waals surface area contributed by atoms with Crippen LogP contribution in [-0.4, -0.2) is 58.3 Å². The lowest BCUT2D eigenvalue weighted by molar-refractivity contribution is 0.0707. The van der Waals surface area contributed by atoms with Gasteiger partial charge in [-0.25, -0.2) is 9.97 Å². The summed E-state index contributed by atoms with van der Waals surface area (Å²) in [5.74, 6) is 1.12. The molecule has 1 aliphatic heterocycles. The lowest BCUT2D eigenvalue weighted by atomic mass is 9.97. The number of piperidine rings is 1. The van der Waals surface area contributed by atoms with Gasteiger partial charge in [-0.15, -0.1) is 11.3 Å². The fourth-order valence-corrected chi connectivity index (χ4v) is 5.64. The predicted molar refractivity (Wildman–Crippen MR) is 142 cm³/mol. The molecule has 194 valence electrons. The molecule has 0 bridgehead atoms. The molecule has 2 amide bonds. The number of hydrogen-bond donors (Lipinski definition) is 0. The Hall–Kier alpha value is -4.23. The van der Waals surface area contributed by atoms with Gasteiger partial charge in [0.15, 0.2) is 0 Å². The molecule has 0 spiro atoms. The van der Waals surface area contributed by atoms with Crippen molar-refractivity contribution in [1.29, 1.82) is 5.26 Å². The van der Waals surface area contributed by atoms with Crippen molar-refractivity contribution in [3.05, 3.63) is 76.3 Å². The van der Waals surface area contributed by atoms with Gasteiger partial charge in [-0.05, 0) is 37.1 Å². The summed E-state index contributed by atoms with van der Waals surface area (Å²) in [5, 5.41) is 12.6. The molecule has 1 aliphatic rings. The highest BCUT2D eigenvalue weighted by molar-refractivity contribution is 7.09. The minimum absolute atomic E-state index is 0.117. The first kappa shape index (κ1) is 25.4. The zero-order valence-corrected chi connectivity index (χ0v) is 21.8. The second-order valence-corrected chi connectivity index (χ2v) is 9.97. The Morgan fingerprint density at radius 2 is 2.00 bits per heavy atom. The fourth-order valence-electron chi connectivity index (χ4n) is 4.68. The Balaban J connectivity index is 1.24. The summed E-state index contributed by atoms with van der Waals surface area (Å²) in [4.78, 5) is 39.1. The standard InChI is InChI=1S/C28H27N5O4S/c1-36-25-16-23(30-22-8-3-2-7-21(22)25)27(34)32-13-9-19(10-14-32)26-31-24(18-38-26)28(35)33(12-5-11-29)17-20-6-4-15-37-20/h2-4,6-8,15-16,18-19H,5,9-10,12-14,17H2,1H3. The van der Waals surface area contributed by atoms with Crippen molar-refractivity contribution in [2.45, 2.75) is 31.7 Å². The average molecular weight is 530 g/mol. The van der Waals surface area contributed by atoms with Crippen molar-refractivity contribution in [2.24, 2.45) is 0 Å². The van der Waals surface area contributed by atoms with Crippen LogP contribution in [0.1, 0.15) is 56.9 Å². The van der Waals surface area contributed by atoms with E-state index in [0.29, 0.717) is 42.5 Å². The molecule has 3 aromatic heterocycles. The van der Waals surface area contributed by atoms with E-state index in [1.54, 1.807) is 41.9 Å². The molecule has 0 atom stereocenters. The molecule has 0 N–H and O–H groups in total. The summed E-state index contributed by atoms with van der Waals surface area (Å²) < 4.78 is 10.9. The number of fused-ring (bicyclic) bond motifs is 1. The maximum absolute atomic E-state index is 13.3. The van der Waals surface area contributed by atoms with Crippen molar-refractivity contribution < 1.29 is 18.7 Å². The fraction of sp³-hybridized carbons (Fsp3) is 0.321. The average Bonchev–Trinajstić information content (AvgIpc) is 3.67. The van der Waals surface area contributed by atoms with Gasteiger partial charge in [-0.3, -0.25) is 9.59 Å². The maximum Gasteiger partial charge on any atom is 0.273 e. The van der Waals surface area contributed by atoms with E-state index in [2.05, 4.69) is 16.0 Å². The van der Waals surface area contributed by atoms with E-state index in [0.717, 1.165) is 28.8 Å². The molecule has 4 heterocycles. The van der Waals surface area contributed by atoms with E-state index in [1.165, 1.54) is 11.3 Å². The number of aromatic nitrogens is 2. The minimum atomic E-state index is -0.219. The monoisotopic (exact) mass is 529 g/mol. The number of amides is 2. The number of nitriles is 1. The molecular weight excluding hydrogens is 502 g/mol. The van der Waals surface area contributed by atoms with Gasteiger partial charge in [-0.2, -0.15) is 5.26 Å². The number of likely N-dealkylation sites (tertiary alicyclic amines) is 1. The summed E-state index contributed by atoms with van der Waals surface area (Å²) in [6.07, 6.45) is 3.30. The van der Waals surface area contributed by atoms with E-state index < -0.39 is 0 Å². The molecule has 9 nitrogen and oxygen atoms in total. The number of hydrogen-bond acceptors (Lipinski definition) is 8. The summed E-state index contributed by atoms with van der Waals surface area (Å²) in [6, 6.07) is 15.0. The third-order valence-corrected chi connectivity index (χ3v) is 7.70. The molecule has 0 radical (unpaired) electrons. The number of thiazole rings is 1. The highest BCUT2D eigenvalue weighted by Crippen LogP contribution is 2.32. The van der Waals surface area contributed by atoms with E-state index in [9.17, 15) is 9.59 Å². The van der Waals surface area contributed by atoms with Gasteiger partial charge in [0.1, 0.15) is 22.9 Å². The molecule has 0 unspecified atom stereocenters. The number of furan rings is 1. The molecular formula is C28H27N5O4S. The SMILES string of the molecule is COc1cc(C(=O)N2CCC(c3nc(C(=O)N(CCC#N)Cc4ccco4)cs3)CC2)nc2ccccc12. The van der Waals surface area contributed by atoms with Crippen LogP contribution in [0, 0.1) is 11.3 Å². The second-order valence-electron chi connectivity index (χ2n) is 9.08. The number of carbonyl (C=O) groups excluding carboxylic acids is 2. The highest BCUT2D eigenvalue weighted by atomic mass is 32.1. The van der Waals surface area contributed by atoms with Gasteiger partial charge in [0.05, 0.1) is 42.9 Å². The highest BCUT2D eigenvalue weighted by Gasteiger charge is 2.29. The smallest absolute Gasteiger partial charge is 0.273 e. The van der Waals surface area contributed by atoms with Gasteiger partial charge in [-0.1, -0.05) is 12.1 Å². The third-order valence-electron chi connectivity index (χ3n) is 6.70. The van der Waals surface area contributed by atoms with Crippen LogP contribution in [0.15, 0.2) is 58.5 Å². The summed E-state index contributed by atoms with van der Waals surface area (Å²) in [7, 11) is 1.59. The van der Waals surface area contributed by atoms with Crippen LogP contribution in [-0.2, 0) is 6.54 Å². The molecule has 38 heavy (non-hydrogen) atoms. The lowest BCUT2D eigenvalue weighted by Gasteiger charge is -2.31. The van der Waals surface area contributed by atoms with Gasteiger partial charge >= 0.3 is 0 Å². The Morgan fingerprint density at radius 1 is 1.18 bits per heavy atom. The molecule has 5 rings (SSSR count). The molecule has 1 saturated heterocycles. The lowest BCUT2D eigenvalue weighted by Crippen LogP contribution is -2.38. The van der Waals surface area contributed by atoms with Crippen molar-refractivity contribution in [2.75, 3.05) is 26.7 Å². The van der Waals surface area contributed by atoms with Gasteiger partial charge < -0.3 is 19.0 Å². The molecule has 0 aliphatic carbocycles. The quantitative estimate of drug-likeness (QED) is 0.320. The number of ether oxygens (including phenoxy) is 1. The van der Waals surface area contributed by atoms with Crippen LogP contribution in [0.3, 0.4) is 0 Å². The molecule has 0 saturated carbocycles. The predicted octanol–water partition coefficient (Wildman–Crippen LogP) is 4.87. The largest absolute Gasteiger partial charge is 0.496 e. The second kappa shape index (κ2) is 11.4. The van der Waals surface area contributed by atoms with Crippen molar-refractivity contribution in [3.8, 4) is 11.8 Å². The van der Waals surface area contributed by atoms with Crippen LogP contribution < -0.4 is 4.74 Å². The van der Waals surface area contributed by atoms with E-state index in [-0.39, 0.29) is 30.7 Å². The molecule has 10 heteroatoms. The number of benzene rings is 1. The first-order valence-electron chi connectivity index (χ1n) is 12.4. The van der Waals surface area contributed by atoms with Gasteiger partial charge in [0.2, 0.25) is 0 Å². The first-order valence-corrected chi connectivity index (χ1v) is 13.3. The van der Waals surface area contributed by atoms with Crippen LogP contribution in [0.25, 0.3) is 10.9 Å². The summed E-state index contributed by atoms with van der Waals surface area (Å²) in [6.45, 7) is 1.75. The van der Waals surface area contributed by atoms with Crippen LogP contribution in [0.4, 0.5) is 0 Å². The molecule has 4 aromatic rings. The first-order chi connectivity index (χ1) is 18.6. The van der Waals surface area contributed by atoms with Gasteiger partial charge in [0, 0.05) is 42.4 Å². The minimum Gasteiger partial charge on any atom is -0.496 e. The van der Waals surface area contributed by atoms with E-state index in [1.807, 2.05) is 29.2 Å². The van der Waals surface area contributed by atoms with Crippen LogP contribution in [0.5, 0.6) is 5.75 Å². The van der Waals surface area contributed by atoms with Crippen molar-refractivity contribution >= 4 is 34.1 Å². The van der Waals surface area contributed by atoms with E-state index >= 15 is 0 Å². The zero-order valence-electron chi connectivity index (χ0n) is 21.0. The summed E-state index contributed by atoms with van der Waals surface area (Å²) >= 11 is 1.47. The van der Waals surface area contributed by atoms with Crippen molar-refractivity contribution in [1.82, 2.24) is 19.8 Å². The maximum atomic E-state index is 13.3. The van der Waals surface area contributed by atoms with E-state index in [4.69, 9.17) is 14.4 Å². The number of rotatable bonds is 8. The normalized spacial score (nSPS) is 13.8. The number of pyridine rings is 1. The number of para-hydroxylation sites is 1. The Bertz CT molecular complexity index is 1470. The number of nitrogens with zero attached hydrogens (tertiary/aromatic N) is 5. The molecule has 1 aromatic carbocycles. The Morgan fingerprint density at radius 3 is 2.74 bits per heavy atom. The number of carbonyl (C=O) groups is 2. The van der Waals surface area contributed by atoms with Crippen LogP contribution >= 0.6 is 11.3 Å². The Labute approximate surface area is 224 Å². The van der Waals surface area contributed by atoms with Crippen molar-refractivity contribution in [3.63, 3.8) is 0 Å². The topological polar surface area (TPSA) is 113 Å².